The Morgan fingerprint density at radius 2 is 1.82 bits per heavy atom. The fourth-order valence-corrected chi connectivity index (χ4v) is 2.23. The Morgan fingerprint density at radius 1 is 1.14 bits per heavy atom. The van der Waals surface area contributed by atoms with Gasteiger partial charge in [-0.15, -0.1) is 0 Å². The van der Waals surface area contributed by atoms with Crippen LogP contribution in [-0.4, -0.2) is 27.8 Å². The van der Waals surface area contributed by atoms with Crippen molar-refractivity contribution in [3.8, 4) is 12.1 Å². The fourth-order valence-electron chi connectivity index (χ4n) is 2.23. The lowest BCUT2D eigenvalue weighted by Crippen LogP contribution is -2.16. The van der Waals surface area contributed by atoms with Crippen LogP contribution >= 0.6 is 0 Å². The first-order chi connectivity index (χ1) is 13.3. The molecule has 2 aromatic rings. The number of hydrogen-bond donors (Lipinski definition) is 3. The molecule has 0 bridgehead atoms. The average molecular weight is 376 g/mol. The third-order valence-electron chi connectivity index (χ3n) is 3.71. The van der Waals surface area contributed by atoms with Gasteiger partial charge in [-0.25, -0.2) is 0 Å². The van der Waals surface area contributed by atoms with E-state index in [9.17, 15) is 14.4 Å². The highest BCUT2D eigenvalue weighted by Gasteiger charge is 2.15. The number of nitrogens with zero attached hydrogens (tertiary/aromatic N) is 3. The van der Waals surface area contributed by atoms with Gasteiger partial charge in [0, 0.05) is 22.9 Å². The first kappa shape index (κ1) is 20.1. The van der Waals surface area contributed by atoms with Crippen LogP contribution in [0.25, 0.3) is 0 Å². The van der Waals surface area contributed by atoms with E-state index >= 15 is 0 Å². The second-order valence-corrected chi connectivity index (χ2v) is 5.78. The highest BCUT2D eigenvalue weighted by atomic mass is 16.2. The molecule has 2 amide bonds. The zero-order valence-electron chi connectivity index (χ0n) is 15.2. The largest absolute Gasteiger partial charge is 0.322 e. The number of aromatic amines is 1. The summed E-state index contributed by atoms with van der Waals surface area (Å²) in [6.07, 6.45) is 1.02. The molecule has 0 radical (unpaired) electrons. The number of nitrogens with one attached hydrogen (secondary N) is 3. The van der Waals surface area contributed by atoms with Crippen LogP contribution < -0.4 is 10.6 Å². The number of H-pyrrole nitrogens is 1. The second kappa shape index (κ2) is 8.92. The van der Waals surface area contributed by atoms with E-state index in [1.54, 1.807) is 24.3 Å². The van der Waals surface area contributed by atoms with E-state index in [-0.39, 0.29) is 29.2 Å². The van der Waals surface area contributed by atoms with Crippen molar-refractivity contribution >= 4 is 29.1 Å². The molecule has 9 nitrogen and oxygen atoms in total. The van der Waals surface area contributed by atoms with Crippen molar-refractivity contribution in [3.63, 3.8) is 0 Å². The zero-order valence-corrected chi connectivity index (χ0v) is 15.2. The number of carbonyl (C=O) groups is 3. The number of anilines is 2. The van der Waals surface area contributed by atoms with E-state index in [0.29, 0.717) is 16.9 Å². The Balaban J connectivity index is 2.05. The predicted octanol–water partition coefficient (Wildman–Crippen LogP) is 2.07. The lowest BCUT2D eigenvalue weighted by atomic mass is 10.1. The molecule has 9 heteroatoms. The van der Waals surface area contributed by atoms with Crippen LogP contribution in [0.15, 0.2) is 35.9 Å². The smallest absolute Gasteiger partial charge is 0.251 e. The third kappa shape index (κ3) is 4.90. The second-order valence-electron chi connectivity index (χ2n) is 5.78. The molecule has 0 aliphatic carbocycles. The minimum atomic E-state index is -0.647. The maximum absolute atomic E-state index is 12.2. The molecule has 28 heavy (non-hydrogen) atoms. The van der Waals surface area contributed by atoms with Crippen molar-refractivity contribution in [1.29, 1.82) is 10.5 Å². The highest BCUT2D eigenvalue weighted by Crippen LogP contribution is 2.16. The summed E-state index contributed by atoms with van der Waals surface area (Å²) in [6, 6.07) is 10.1. The topological polar surface area (TPSA) is 152 Å². The van der Waals surface area contributed by atoms with E-state index < -0.39 is 11.8 Å². The number of rotatable bonds is 6. The first-order valence-electron chi connectivity index (χ1n) is 8.11. The Labute approximate surface area is 160 Å². The molecule has 3 N–H and O–H groups in total. The number of nitriles is 2. The quantitative estimate of drug-likeness (QED) is 0.518. The lowest BCUT2D eigenvalue weighted by molar-refractivity contribution is -0.114. The minimum absolute atomic E-state index is 0.0120. The summed E-state index contributed by atoms with van der Waals surface area (Å²) in [5.74, 6) is -1.25. The van der Waals surface area contributed by atoms with Gasteiger partial charge in [-0.3, -0.25) is 19.5 Å². The van der Waals surface area contributed by atoms with Gasteiger partial charge >= 0.3 is 0 Å². The molecule has 0 saturated carbocycles. The first-order valence-corrected chi connectivity index (χ1v) is 8.11. The molecule has 0 aliphatic rings. The molecule has 0 saturated heterocycles. The van der Waals surface area contributed by atoms with Gasteiger partial charge in [0.05, 0.1) is 18.2 Å². The standard InChI is InChI=1S/C19H16N6O3/c1-11(19(28)22-14-5-3-13(4-6-14)12(2)26)9-17(27)23-18-15(10-21)16(7-8-20)24-25-18/h3-6,9H,7H2,1-2H3,(H,22,28)(H2,23,24,25,27)/b11-9-. The number of Topliss-reactive ketones (excluding diaryl/α,β-unsaturated/α-hetero) is 1. The highest BCUT2D eigenvalue weighted by molar-refractivity contribution is 6.10. The van der Waals surface area contributed by atoms with Gasteiger partial charge in [0.2, 0.25) is 5.91 Å². The van der Waals surface area contributed by atoms with Crippen LogP contribution in [0.4, 0.5) is 11.5 Å². The summed E-state index contributed by atoms with van der Waals surface area (Å²) in [6.45, 7) is 2.90. The summed E-state index contributed by atoms with van der Waals surface area (Å²) in [5, 5.41) is 29.2. The SMILES string of the molecule is CC(=O)c1ccc(NC(=O)/C(C)=C\C(=O)Nc2n[nH]c(CC#N)c2C#N)cc1. The summed E-state index contributed by atoms with van der Waals surface area (Å²) in [4.78, 5) is 35.6. The summed E-state index contributed by atoms with van der Waals surface area (Å²) >= 11 is 0. The Hall–Kier alpha value is -4.24. The molecule has 1 aromatic heterocycles. The van der Waals surface area contributed by atoms with Gasteiger partial charge in [0.15, 0.2) is 11.6 Å². The van der Waals surface area contributed by atoms with Crippen LogP contribution in [0.2, 0.25) is 0 Å². The van der Waals surface area contributed by atoms with Gasteiger partial charge in [-0.2, -0.15) is 15.6 Å². The van der Waals surface area contributed by atoms with E-state index in [2.05, 4.69) is 20.8 Å². The average Bonchev–Trinajstić information content (AvgIpc) is 3.03. The summed E-state index contributed by atoms with van der Waals surface area (Å²) in [5.41, 5.74) is 1.49. The molecule has 0 aliphatic heterocycles. The summed E-state index contributed by atoms with van der Waals surface area (Å²) in [7, 11) is 0. The van der Waals surface area contributed by atoms with Crippen molar-refractivity contribution in [2.24, 2.45) is 0 Å². The van der Waals surface area contributed by atoms with Crippen molar-refractivity contribution in [2.45, 2.75) is 20.3 Å². The van der Waals surface area contributed by atoms with E-state index in [0.717, 1.165) is 6.08 Å². The maximum Gasteiger partial charge on any atom is 0.251 e. The van der Waals surface area contributed by atoms with Gasteiger partial charge in [0.1, 0.15) is 11.6 Å². The molecule has 0 fully saturated rings. The van der Waals surface area contributed by atoms with Crippen LogP contribution in [-0.2, 0) is 16.0 Å². The van der Waals surface area contributed by atoms with Crippen molar-refractivity contribution in [1.82, 2.24) is 10.2 Å². The Kier molecular flexibility index (Phi) is 6.40. The lowest BCUT2D eigenvalue weighted by Gasteiger charge is -2.06. The van der Waals surface area contributed by atoms with E-state index in [1.807, 2.05) is 12.1 Å². The van der Waals surface area contributed by atoms with Crippen LogP contribution in [0, 0.1) is 22.7 Å². The van der Waals surface area contributed by atoms with Gasteiger partial charge in [-0.05, 0) is 38.1 Å². The molecule has 140 valence electrons. The predicted molar refractivity (Wildman–Crippen MR) is 100 cm³/mol. The molecule has 0 atom stereocenters. The van der Waals surface area contributed by atoms with Crippen molar-refractivity contribution in [2.75, 3.05) is 10.6 Å². The van der Waals surface area contributed by atoms with E-state index in [1.165, 1.54) is 13.8 Å². The van der Waals surface area contributed by atoms with Gasteiger partial charge in [0.25, 0.3) is 5.91 Å². The van der Waals surface area contributed by atoms with Crippen molar-refractivity contribution < 1.29 is 14.4 Å². The molecular formula is C19H16N6O3. The molecule has 0 spiro atoms. The van der Waals surface area contributed by atoms with Crippen molar-refractivity contribution in [3.05, 3.63) is 52.7 Å². The van der Waals surface area contributed by atoms with Gasteiger partial charge < -0.3 is 10.6 Å². The fraction of sp³-hybridized carbons (Fsp3) is 0.158. The Bertz CT molecular complexity index is 1040. The third-order valence-corrected chi connectivity index (χ3v) is 3.71. The molecule has 1 heterocycles. The van der Waals surface area contributed by atoms with E-state index in [4.69, 9.17) is 10.5 Å². The van der Waals surface area contributed by atoms with Gasteiger partial charge in [-0.1, -0.05) is 0 Å². The normalized spacial score (nSPS) is 10.5. The van der Waals surface area contributed by atoms with Crippen LogP contribution in [0.3, 0.4) is 0 Å². The molecular weight excluding hydrogens is 360 g/mol. The number of carbonyl (C=O) groups excluding carboxylic acids is 3. The Morgan fingerprint density at radius 3 is 2.39 bits per heavy atom. The van der Waals surface area contributed by atoms with Crippen LogP contribution in [0.5, 0.6) is 0 Å². The number of benzene rings is 1. The number of aromatic nitrogens is 2. The monoisotopic (exact) mass is 376 g/mol. The number of ketones is 1. The molecule has 0 unspecified atom stereocenters. The number of hydrogen-bond acceptors (Lipinski definition) is 6. The van der Waals surface area contributed by atoms with Crippen LogP contribution in [0.1, 0.15) is 35.5 Å². The summed E-state index contributed by atoms with van der Waals surface area (Å²) < 4.78 is 0. The maximum atomic E-state index is 12.2. The minimum Gasteiger partial charge on any atom is -0.322 e. The molecule has 1 aromatic carbocycles. The molecule has 2 rings (SSSR count). The number of amides is 2. The zero-order chi connectivity index (χ0) is 20.7.